The molecule has 2 unspecified atom stereocenters. The topological polar surface area (TPSA) is 100 Å². The van der Waals surface area contributed by atoms with Crippen molar-refractivity contribution >= 4 is 21.2 Å². The Bertz CT molecular complexity index is 1160. The van der Waals surface area contributed by atoms with Gasteiger partial charge in [-0.1, -0.05) is 0 Å². The third-order valence-electron chi connectivity index (χ3n) is 4.72. The molecule has 1 fully saturated rings. The summed E-state index contributed by atoms with van der Waals surface area (Å²) in [7, 11) is -2.57. The fraction of sp³-hybridized carbons (Fsp3) is 0.412. The number of hydrogen-bond acceptors (Lipinski definition) is 7. The molecule has 4 heterocycles. The Kier molecular flexibility index (Phi) is 4.68. The zero-order valence-corrected chi connectivity index (χ0v) is 16.2. The quantitative estimate of drug-likeness (QED) is 0.690. The van der Waals surface area contributed by atoms with Crippen molar-refractivity contribution in [1.29, 1.82) is 4.78 Å². The zero-order chi connectivity index (χ0) is 20.8. The molecule has 3 aromatic rings. The summed E-state index contributed by atoms with van der Waals surface area (Å²) in [6, 6.07) is 1.72. The monoisotopic (exact) mass is 425 g/mol. The van der Waals surface area contributed by atoms with Crippen molar-refractivity contribution < 1.29 is 17.4 Å². The van der Waals surface area contributed by atoms with Gasteiger partial charge in [0.15, 0.2) is 17.2 Å². The molecule has 0 spiro atoms. The average Bonchev–Trinajstić information content (AvgIpc) is 3.26. The molecule has 8 nitrogen and oxygen atoms in total. The first-order valence-electron chi connectivity index (χ1n) is 8.80. The first kappa shape index (κ1) is 19.6. The van der Waals surface area contributed by atoms with Crippen LogP contribution in [0.1, 0.15) is 12.1 Å². The first-order valence-corrected chi connectivity index (χ1v) is 10.9. The predicted octanol–water partition coefficient (Wildman–Crippen LogP) is 2.71. The summed E-state index contributed by atoms with van der Waals surface area (Å²) in [4.78, 5) is 18.2. The molecule has 12 heteroatoms. The van der Waals surface area contributed by atoms with Gasteiger partial charge < -0.3 is 4.90 Å². The predicted molar refractivity (Wildman–Crippen MR) is 101 cm³/mol. The van der Waals surface area contributed by atoms with Crippen LogP contribution in [0.2, 0.25) is 0 Å². The molecule has 0 aromatic carbocycles. The maximum Gasteiger partial charge on any atom is 0.434 e. The van der Waals surface area contributed by atoms with Gasteiger partial charge in [-0.15, -0.1) is 0 Å². The summed E-state index contributed by atoms with van der Waals surface area (Å²) in [6.07, 6.45) is 2.57. The van der Waals surface area contributed by atoms with E-state index in [1.54, 1.807) is 12.3 Å². The third-order valence-corrected chi connectivity index (χ3v) is 5.83. The normalized spacial score (nSPS) is 19.6. The van der Waals surface area contributed by atoms with Crippen LogP contribution >= 0.6 is 0 Å². The summed E-state index contributed by atoms with van der Waals surface area (Å²) >= 11 is 0. The number of hydrogen-bond donors (Lipinski definition) is 1. The minimum atomic E-state index is -4.57. The number of fused-ring (bicyclic) bond motifs is 1. The van der Waals surface area contributed by atoms with Crippen molar-refractivity contribution in [3.8, 4) is 11.5 Å². The highest BCUT2D eigenvalue weighted by atomic mass is 32.2. The molecule has 0 saturated carbocycles. The molecule has 2 atom stereocenters. The Morgan fingerprint density at radius 2 is 2.07 bits per heavy atom. The Balaban J connectivity index is 1.64. The lowest BCUT2D eigenvalue weighted by Crippen LogP contribution is -2.23. The van der Waals surface area contributed by atoms with Crippen LogP contribution in [0, 0.1) is 10.7 Å². The van der Waals surface area contributed by atoms with E-state index in [0.717, 1.165) is 18.8 Å². The van der Waals surface area contributed by atoms with E-state index in [1.807, 2.05) is 4.90 Å². The number of aromatic nitrogens is 5. The van der Waals surface area contributed by atoms with Crippen molar-refractivity contribution in [2.24, 2.45) is 5.92 Å². The van der Waals surface area contributed by atoms with E-state index in [4.69, 9.17) is 4.78 Å². The molecule has 3 aromatic heterocycles. The molecule has 0 aliphatic carbocycles. The van der Waals surface area contributed by atoms with Crippen LogP contribution in [0.5, 0.6) is 0 Å². The number of rotatable bonds is 4. The van der Waals surface area contributed by atoms with E-state index in [2.05, 4.69) is 19.9 Å². The van der Waals surface area contributed by atoms with E-state index in [1.165, 1.54) is 16.9 Å². The maximum atomic E-state index is 13.0. The van der Waals surface area contributed by atoms with Crippen molar-refractivity contribution in [1.82, 2.24) is 24.3 Å². The van der Waals surface area contributed by atoms with E-state index < -0.39 is 21.6 Å². The van der Waals surface area contributed by atoms with Gasteiger partial charge in [0.2, 0.25) is 0 Å². The fourth-order valence-electron chi connectivity index (χ4n) is 3.48. The van der Waals surface area contributed by atoms with Gasteiger partial charge in [0.1, 0.15) is 11.5 Å². The molecular weight excluding hydrogens is 407 g/mol. The van der Waals surface area contributed by atoms with E-state index in [9.17, 15) is 17.4 Å². The fourth-order valence-corrected chi connectivity index (χ4v) is 4.65. The van der Waals surface area contributed by atoms with Crippen molar-refractivity contribution in [2.75, 3.05) is 30.0 Å². The van der Waals surface area contributed by atoms with Gasteiger partial charge in [-0.3, -0.25) is 13.4 Å². The summed E-state index contributed by atoms with van der Waals surface area (Å²) in [5.41, 5.74) is -0.439. The van der Waals surface area contributed by atoms with E-state index in [-0.39, 0.29) is 17.4 Å². The molecule has 0 bridgehead atoms. The van der Waals surface area contributed by atoms with Crippen LogP contribution in [0.15, 0.2) is 30.9 Å². The number of nitrogens with one attached hydrogen (secondary N) is 1. The summed E-state index contributed by atoms with van der Waals surface area (Å²) in [5.74, 6) is 1.35. The van der Waals surface area contributed by atoms with Gasteiger partial charge in [0.05, 0.1) is 12.4 Å². The standard InChI is InChI=1S/C17H18F3N7OS/c1-29(21,28)10-11-3-5-26(8-11)14-2-4-22-16(25-14)12-6-24-15-7-23-13(9-27(12)15)17(18,19)20/h2,4,6-7,9,11,21H,3,5,8,10H2,1H3. The van der Waals surface area contributed by atoms with Gasteiger partial charge in [-0.2, -0.15) is 13.2 Å². The van der Waals surface area contributed by atoms with Crippen molar-refractivity contribution in [2.45, 2.75) is 12.6 Å². The van der Waals surface area contributed by atoms with Gasteiger partial charge in [0, 0.05) is 47.2 Å². The Labute approximate surface area is 164 Å². The number of nitrogens with zero attached hydrogens (tertiary/aromatic N) is 6. The van der Waals surface area contributed by atoms with Crippen LogP contribution < -0.4 is 4.90 Å². The van der Waals surface area contributed by atoms with Crippen LogP contribution in [-0.4, -0.2) is 53.6 Å². The van der Waals surface area contributed by atoms with Gasteiger partial charge in [-0.25, -0.2) is 19.9 Å². The largest absolute Gasteiger partial charge is 0.434 e. The number of halogens is 3. The lowest BCUT2D eigenvalue weighted by atomic mass is 10.2. The minimum Gasteiger partial charge on any atom is -0.356 e. The lowest BCUT2D eigenvalue weighted by molar-refractivity contribution is -0.141. The minimum absolute atomic E-state index is 0.139. The summed E-state index contributed by atoms with van der Waals surface area (Å²) in [5, 5.41) is 0. The second kappa shape index (κ2) is 6.94. The second-order valence-electron chi connectivity index (χ2n) is 7.15. The summed E-state index contributed by atoms with van der Waals surface area (Å²) in [6.45, 7) is 1.32. The molecule has 1 aliphatic rings. The van der Waals surface area contributed by atoms with Gasteiger partial charge in [0.25, 0.3) is 0 Å². The van der Waals surface area contributed by atoms with E-state index in [0.29, 0.717) is 30.4 Å². The lowest BCUT2D eigenvalue weighted by Gasteiger charge is -2.18. The third kappa shape index (κ3) is 4.16. The molecule has 1 aliphatic heterocycles. The number of imidazole rings is 1. The number of alkyl halides is 3. The van der Waals surface area contributed by atoms with Gasteiger partial charge >= 0.3 is 6.18 Å². The van der Waals surface area contributed by atoms with Crippen LogP contribution in [0.25, 0.3) is 17.2 Å². The molecule has 1 saturated heterocycles. The SMILES string of the molecule is CS(=N)(=O)CC1CCN(c2ccnc(-c3cnc4cnc(C(F)(F)F)cn34)n2)C1. The average molecular weight is 425 g/mol. The maximum absolute atomic E-state index is 13.0. The number of anilines is 1. The molecule has 4 rings (SSSR count). The Hall–Kier alpha value is -2.76. The first-order chi connectivity index (χ1) is 13.6. The summed E-state index contributed by atoms with van der Waals surface area (Å²) < 4.78 is 59.7. The van der Waals surface area contributed by atoms with Crippen molar-refractivity contribution in [3.63, 3.8) is 0 Å². The molecule has 154 valence electrons. The molecule has 1 N–H and O–H groups in total. The van der Waals surface area contributed by atoms with Crippen molar-refractivity contribution in [3.05, 3.63) is 36.5 Å². The van der Waals surface area contributed by atoms with Gasteiger partial charge in [-0.05, 0) is 18.4 Å². The van der Waals surface area contributed by atoms with Crippen LogP contribution in [0.4, 0.5) is 19.0 Å². The highest BCUT2D eigenvalue weighted by Crippen LogP contribution is 2.29. The second-order valence-corrected chi connectivity index (χ2v) is 9.50. The smallest absolute Gasteiger partial charge is 0.356 e. The molecule has 29 heavy (non-hydrogen) atoms. The molecule has 0 radical (unpaired) electrons. The highest BCUT2D eigenvalue weighted by molar-refractivity contribution is 7.91. The zero-order valence-electron chi connectivity index (χ0n) is 15.4. The Morgan fingerprint density at radius 3 is 2.79 bits per heavy atom. The molecule has 0 amide bonds. The molecular formula is C17H18F3N7OS. The van der Waals surface area contributed by atoms with E-state index >= 15 is 0 Å². The Morgan fingerprint density at radius 1 is 1.28 bits per heavy atom. The van der Waals surface area contributed by atoms with Crippen LogP contribution in [-0.2, 0) is 15.9 Å². The highest BCUT2D eigenvalue weighted by Gasteiger charge is 2.33. The van der Waals surface area contributed by atoms with Crippen LogP contribution in [0.3, 0.4) is 0 Å².